The van der Waals surface area contributed by atoms with Crippen molar-refractivity contribution in [3.05, 3.63) is 69.3 Å². The van der Waals surface area contributed by atoms with Crippen LogP contribution in [0.1, 0.15) is 40.0 Å². The summed E-state index contributed by atoms with van der Waals surface area (Å²) in [6.45, 7) is 4.61. The molecule has 2 aliphatic rings. The molecule has 0 saturated carbocycles. The molecule has 1 aliphatic heterocycles. The SMILES string of the molecule is CNC(=O)c1ccc(N2CCN(Cc3ccc4c5c(c(=O)[nH]c4c3)CCCC5)CC2)cn1. The minimum absolute atomic E-state index is 0.0917. The van der Waals surface area contributed by atoms with E-state index < -0.39 is 0 Å². The van der Waals surface area contributed by atoms with Gasteiger partial charge in [-0.15, -0.1) is 0 Å². The summed E-state index contributed by atoms with van der Waals surface area (Å²) in [4.78, 5) is 36.4. The topological polar surface area (TPSA) is 81.3 Å². The molecule has 1 saturated heterocycles. The van der Waals surface area contributed by atoms with Gasteiger partial charge in [-0.05, 0) is 55.0 Å². The van der Waals surface area contributed by atoms with Crippen LogP contribution in [0.25, 0.3) is 10.9 Å². The fraction of sp³-hybridized carbons (Fsp3) is 0.400. The molecule has 0 atom stereocenters. The first kappa shape index (κ1) is 20.7. The van der Waals surface area contributed by atoms with E-state index in [1.807, 2.05) is 6.07 Å². The molecular formula is C25H29N5O2. The maximum atomic E-state index is 12.5. The molecule has 1 amide bonds. The van der Waals surface area contributed by atoms with E-state index in [1.165, 1.54) is 22.9 Å². The smallest absolute Gasteiger partial charge is 0.269 e. The van der Waals surface area contributed by atoms with Gasteiger partial charge in [-0.1, -0.05) is 12.1 Å². The fourth-order valence-electron chi connectivity index (χ4n) is 4.97. The van der Waals surface area contributed by atoms with Crippen molar-refractivity contribution in [3.63, 3.8) is 0 Å². The maximum absolute atomic E-state index is 12.5. The van der Waals surface area contributed by atoms with Crippen molar-refractivity contribution in [3.8, 4) is 0 Å². The number of aromatic nitrogens is 2. The molecule has 1 aromatic carbocycles. The van der Waals surface area contributed by atoms with Crippen molar-refractivity contribution < 1.29 is 4.79 Å². The van der Waals surface area contributed by atoms with E-state index in [1.54, 1.807) is 19.3 Å². The molecule has 166 valence electrons. The van der Waals surface area contributed by atoms with E-state index in [-0.39, 0.29) is 11.5 Å². The summed E-state index contributed by atoms with van der Waals surface area (Å²) in [5, 5.41) is 3.81. The molecule has 1 aliphatic carbocycles. The van der Waals surface area contributed by atoms with Crippen LogP contribution >= 0.6 is 0 Å². The third-order valence-corrected chi connectivity index (χ3v) is 6.75. The average molecular weight is 432 g/mol. The Hall–Kier alpha value is -3.19. The quantitative estimate of drug-likeness (QED) is 0.663. The third kappa shape index (κ3) is 4.00. The van der Waals surface area contributed by atoms with E-state index in [0.29, 0.717) is 5.69 Å². The maximum Gasteiger partial charge on any atom is 0.269 e. The molecule has 0 bridgehead atoms. The second-order valence-corrected chi connectivity index (χ2v) is 8.74. The van der Waals surface area contributed by atoms with Gasteiger partial charge in [0.2, 0.25) is 0 Å². The summed E-state index contributed by atoms with van der Waals surface area (Å²) in [5.41, 5.74) is 6.02. The highest BCUT2D eigenvalue weighted by molar-refractivity contribution is 5.92. The minimum atomic E-state index is -0.168. The summed E-state index contributed by atoms with van der Waals surface area (Å²) in [5.74, 6) is -0.168. The number of nitrogens with zero attached hydrogens (tertiary/aromatic N) is 3. The van der Waals surface area contributed by atoms with Gasteiger partial charge in [0.25, 0.3) is 11.5 Å². The van der Waals surface area contributed by atoms with Gasteiger partial charge < -0.3 is 15.2 Å². The van der Waals surface area contributed by atoms with Crippen LogP contribution in [0.15, 0.2) is 41.3 Å². The third-order valence-electron chi connectivity index (χ3n) is 6.75. The summed E-state index contributed by atoms with van der Waals surface area (Å²) in [6.07, 6.45) is 5.97. The average Bonchev–Trinajstić information content (AvgIpc) is 2.84. The zero-order valence-electron chi connectivity index (χ0n) is 18.5. The highest BCUT2D eigenvalue weighted by atomic mass is 16.1. The lowest BCUT2D eigenvalue weighted by Crippen LogP contribution is -2.46. The molecule has 7 nitrogen and oxygen atoms in total. The number of fused-ring (bicyclic) bond motifs is 3. The van der Waals surface area contributed by atoms with Gasteiger partial charge in [0, 0.05) is 56.2 Å². The molecule has 3 aromatic rings. The lowest BCUT2D eigenvalue weighted by Gasteiger charge is -2.36. The Morgan fingerprint density at radius 3 is 2.56 bits per heavy atom. The van der Waals surface area contributed by atoms with Gasteiger partial charge in [-0.25, -0.2) is 4.98 Å². The molecule has 3 heterocycles. The number of H-pyrrole nitrogens is 1. The normalized spacial score (nSPS) is 16.7. The Morgan fingerprint density at radius 1 is 1.06 bits per heavy atom. The predicted octanol–water partition coefficient (Wildman–Crippen LogP) is 2.48. The molecule has 2 aromatic heterocycles. The summed E-state index contributed by atoms with van der Waals surface area (Å²) < 4.78 is 0. The number of aryl methyl sites for hydroxylation is 1. The first-order valence-electron chi connectivity index (χ1n) is 11.4. The number of pyridine rings is 2. The molecule has 5 rings (SSSR count). The number of nitrogens with one attached hydrogen (secondary N) is 2. The van der Waals surface area contributed by atoms with Crippen LogP contribution in [0.3, 0.4) is 0 Å². The lowest BCUT2D eigenvalue weighted by atomic mass is 9.89. The first-order chi connectivity index (χ1) is 15.6. The number of benzene rings is 1. The fourth-order valence-corrected chi connectivity index (χ4v) is 4.97. The largest absolute Gasteiger partial charge is 0.368 e. The highest BCUT2D eigenvalue weighted by Crippen LogP contribution is 2.26. The van der Waals surface area contributed by atoms with Gasteiger partial charge in [0.1, 0.15) is 5.69 Å². The Balaban J connectivity index is 1.25. The molecule has 32 heavy (non-hydrogen) atoms. The molecule has 2 N–H and O–H groups in total. The highest BCUT2D eigenvalue weighted by Gasteiger charge is 2.20. The van der Waals surface area contributed by atoms with Crippen LogP contribution < -0.4 is 15.8 Å². The van der Waals surface area contributed by atoms with Gasteiger partial charge in [0.15, 0.2) is 0 Å². The number of carbonyl (C=O) groups is 1. The van der Waals surface area contributed by atoms with Gasteiger partial charge in [-0.2, -0.15) is 0 Å². The molecule has 0 spiro atoms. The minimum Gasteiger partial charge on any atom is -0.368 e. The van der Waals surface area contributed by atoms with E-state index in [4.69, 9.17) is 0 Å². The predicted molar refractivity (Wildman–Crippen MR) is 126 cm³/mol. The van der Waals surface area contributed by atoms with Gasteiger partial charge in [-0.3, -0.25) is 14.5 Å². The number of hydrogen-bond acceptors (Lipinski definition) is 5. The second-order valence-electron chi connectivity index (χ2n) is 8.74. The van der Waals surface area contributed by atoms with Crippen LogP contribution in [0.5, 0.6) is 0 Å². The number of carbonyl (C=O) groups excluding carboxylic acids is 1. The Labute approximate surface area is 187 Å². The first-order valence-corrected chi connectivity index (χ1v) is 11.4. The zero-order chi connectivity index (χ0) is 22.1. The standard InChI is InChI=1S/C25H29N5O2/c1-26-25(32)22-9-7-18(15-27-22)30-12-10-29(11-13-30)16-17-6-8-20-19-4-2-3-5-21(19)24(31)28-23(20)14-17/h6-9,14-15H,2-5,10-13,16H2,1H3,(H,26,32)(H,28,31). The summed E-state index contributed by atoms with van der Waals surface area (Å²) in [6, 6.07) is 10.3. The van der Waals surface area contributed by atoms with Crippen LogP contribution in [0.4, 0.5) is 5.69 Å². The van der Waals surface area contributed by atoms with Crippen molar-refractivity contribution in [2.45, 2.75) is 32.2 Å². The van der Waals surface area contributed by atoms with E-state index in [0.717, 1.165) is 68.8 Å². The molecule has 7 heteroatoms. The number of rotatable bonds is 4. The van der Waals surface area contributed by atoms with E-state index in [2.05, 4.69) is 43.3 Å². The van der Waals surface area contributed by atoms with E-state index in [9.17, 15) is 9.59 Å². The Kier molecular flexibility index (Phi) is 5.66. The molecule has 0 unspecified atom stereocenters. The summed E-state index contributed by atoms with van der Waals surface area (Å²) in [7, 11) is 1.61. The number of anilines is 1. The monoisotopic (exact) mass is 431 g/mol. The van der Waals surface area contributed by atoms with Gasteiger partial charge in [0.05, 0.1) is 11.9 Å². The summed E-state index contributed by atoms with van der Waals surface area (Å²) >= 11 is 0. The Bertz CT molecular complexity index is 1190. The van der Waals surface area contributed by atoms with Crippen molar-refractivity contribution in [2.75, 3.05) is 38.1 Å². The molecule has 0 radical (unpaired) electrons. The molecular weight excluding hydrogens is 402 g/mol. The van der Waals surface area contributed by atoms with Crippen LogP contribution in [-0.2, 0) is 19.4 Å². The van der Waals surface area contributed by atoms with Crippen LogP contribution in [-0.4, -0.2) is 54.0 Å². The molecule has 1 fully saturated rings. The van der Waals surface area contributed by atoms with Crippen molar-refractivity contribution in [2.24, 2.45) is 0 Å². The van der Waals surface area contributed by atoms with E-state index >= 15 is 0 Å². The number of aromatic amines is 1. The lowest BCUT2D eigenvalue weighted by molar-refractivity contribution is 0.0958. The number of hydrogen-bond donors (Lipinski definition) is 2. The zero-order valence-corrected chi connectivity index (χ0v) is 18.5. The number of piperazine rings is 1. The van der Waals surface area contributed by atoms with Crippen LogP contribution in [0, 0.1) is 0 Å². The van der Waals surface area contributed by atoms with Crippen molar-refractivity contribution in [1.82, 2.24) is 20.2 Å². The Morgan fingerprint density at radius 2 is 1.84 bits per heavy atom. The van der Waals surface area contributed by atoms with Crippen LogP contribution in [0.2, 0.25) is 0 Å². The van der Waals surface area contributed by atoms with Crippen molar-refractivity contribution >= 4 is 22.5 Å². The number of amides is 1. The second kappa shape index (κ2) is 8.74. The van der Waals surface area contributed by atoms with Gasteiger partial charge >= 0.3 is 0 Å². The van der Waals surface area contributed by atoms with Crippen molar-refractivity contribution in [1.29, 1.82) is 0 Å².